The summed E-state index contributed by atoms with van der Waals surface area (Å²) in [6.45, 7) is 4.37. The topological polar surface area (TPSA) is 237 Å². The lowest BCUT2D eigenvalue weighted by Gasteiger charge is -2.21. The Morgan fingerprint density at radius 3 is 0.796 bits per heavy atom. The summed E-state index contributed by atoms with van der Waals surface area (Å²) in [5.41, 5.74) is 0. The van der Waals surface area contributed by atoms with Gasteiger partial charge in [-0.05, 0) is 167 Å². The Labute approximate surface area is 654 Å². The lowest BCUT2D eigenvalue weighted by atomic mass is 10.1. The maximum absolute atomic E-state index is 13.1. The maximum Gasteiger partial charge on any atom is 0.472 e. The second kappa shape index (κ2) is 79.3. The van der Waals surface area contributed by atoms with Crippen molar-refractivity contribution >= 4 is 39.5 Å². The van der Waals surface area contributed by atoms with Crippen LogP contribution in [0.5, 0.6) is 0 Å². The quantitative estimate of drug-likeness (QED) is 0.0169. The van der Waals surface area contributed by atoms with Crippen molar-refractivity contribution in [3.05, 3.63) is 182 Å². The van der Waals surface area contributed by atoms with Gasteiger partial charge >= 0.3 is 39.5 Å². The van der Waals surface area contributed by atoms with Crippen molar-refractivity contribution in [2.24, 2.45) is 0 Å². The van der Waals surface area contributed by atoms with Crippen LogP contribution in [0.15, 0.2) is 182 Å². The van der Waals surface area contributed by atoms with E-state index in [1.807, 2.05) is 24.3 Å². The number of allylic oxidation sites excluding steroid dienone is 30. The molecule has 0 aliphatic carbocycles. The predicted octanol–water partition coefficient (Wildman–Crippen LogP) is 24.3. The smallest absolute Gasteiger partial charge is 0.462 e. The Morgan fingerprint density at radius 1 is 0.269 bits per heavy atom. The van der Waals surface area contributed by atoms with Gasteiger partial charge in [-0.3, -0.25) is 37.3 Å². The zero-order valence-corrected chi connectivity index (χ0v) is 68.7. The van der Waals surface area contributed by atoms with Gasteiger partial charge in [-0.15, -0.1) is 0 Å². The fraction of sp³-hybridized carbons (Fsp3) is 0.618. The van der Waals surface area contributed by atoms with Crippen molar-refractivity contribution in [1.29, 1.82) is 0 Å². The van der Waals surface area contributed by atoms with E-state index in [0.29, 0.717) is 38.5 Å². The number of hydrogen-bond acceptors (Lipinski definition) is 15. The normalized spacial score (nSPS) is 14.8. The summed E-state index contributed by atoms with van der Waals surface area (Å²) in [5, 5.41) is 10.7. The highest BCUT2D eigenvalue weighted by Crippen LogP contribution is 2.45. The molecule has 0 heterocycles. The third-order valence-electron chi connectivity index (χ3n) is 16.3. The zero-order chi connectivity index (χ0) is 78.9. The van der Waals surface area contributed by atoms with Crippen LogP contribution >= 0.6 is 15.6 Å². The molecule has 5 unspecified atom stereocenters. The van der Waals surface area contributed by atoms with Gasteiger partial charge in [0.05, 0.1) is 26.4 Å². The Kier molecular flexibility index (Phi) is 75.0. The molecule has 0 aromatic rings. The van der Waals surface area contributed by atoms with Gasteiger partial charge in [0.1, 0.15) is 19.3 Å². The molecule has 0 spiro atoms. The second-order valence-electron chi connectivity index (χ2n) is 26.6. The number of rotatable bonds is 75. The first-order chi connectivity index (χ1) is 52.7. The third-order valence-corrected chi connectivity index (χ3v) is 18.2. The van der Waals surface area contributed by atoms with Gasteiger partial charge in [-0.2, -0.15) is 0 Å². The Balaban J connectivity index is 5.50. The number of phosphoric ester groups is 2. The number of aliphatic hydroxyl groups is 1. The molecule has 0 radical (unpaired) electrons. The van der Waals surface area contributed by atoms with E-state index in [9.17, 15) is 43.2 Å². The number of hydrogen-bond donors (Lipinski definition) is 3. The van der Waals surface area contributed by atoms with Gasteiger partial charge in [0.25, 0.3) is 0 Å². The van der Waals surface area contributed by atoms with E-state index in [0.717, 1.165) is 167 Å². The molecule has 0 rings (SSSR count). The van der Waals surface area contributed by atoms with E-state index in [1.165, 1.54) is 38.5 Å². The fourth-order valence-corrected chi connectivity index (χ4v) is 11.8. The monoisotopic (exact) mass is 1550 g/mol. The Bertz CT molecular complexity index is 2760. The van der Waals surface area contributed by atoms with Crippen LogP contribution in [0.25, 0.3) is 0 Å². The van der Waals surface area contributed by atoms with E-state index in [1.54, 1.807) is 0 Å². The van der Waals surface area contributed by atoms with Crippen LogP contribution in [-0.2, 0) is 65.4 Å². The lowest BCUT2D eigenvalue weighted by molar-refractivity contribution is -0.161. The van der Waals surface area contributed by atoms with Gasteiger partial charge < -0.3 is 33.8 Å². The van der Waals surface area contributed by atoms with Crippen LogP contribution in [0.3, 0.4) is 0 Å². The van der Waals surface area contributed by atoms with Gasteiger partial charge in [0, 0.05) is 25.7 Å². The first-order valence-electron chi connectivity index (χ1n) is 41.0. The largest absolute Gasteiger partial charge is 0.472 e. The van der Waals surface area contributed by atoms with E-state index >= 15 is 0 Å². The number of unbranched alkanes of at least 4 members (excludes halogenated alkanes) is 19. The summed E-state index contributed by atoms with van der Waals surface area (Å²) in [5.74, 6) is -2.35. The van der Waals surface area contributed by atoms with E-state index in [-0.39, 0.29) is 25.7 Å². The Morgan fingerprint density at radius 2 is 0.491 bits per heavy atom. The molecule has 0 saturated heterocycles. The molecule has 0 fully saturated rings. The SMILES string of the molecule is CC/C=C\C/C=C\C/C=C\C/C=C\C/C=C\CCCC(=O)OCC(COP(=O)(O)OCC(O)COP(=O)(O)OCC(COC(=O)CCCCCCCC/C=C\C/C=C\C/C=C\C/C=C\CC)OC(=O)CCC/C=C\C/C=C\C/C=C\C/C=C\C/C=C\CC)OC(=O)CCCCCCC/C=C\CCCCCCCC. The van der Waals surface area contributed by atoms with Crippen LogP contribution in [0.4, 0.5) is 0 Å². The van der Waals surface area contributed by atoms with Crippen molar-refractivity contribution < 1.29 is 80.2 Å². The summed E-state index contributed by atoms with van der Waals surface area (Å²) < 4.78 is 68.6. The standard InChI is InChI=1S/C89H144O17P2/c1-5-9-13-17-21-25-29-33-37-40-41-44-47-50-54-58-62-66-70-74-87(92)100-80-85(106-89(94)76-72-68-64-60-56-52-48-43-39-35-31-27-23-19-15-11-7-3)82-104-108(97,98)102-78-83(90)77-101-107(95,96)103-81-84(105-88(93)75-71-67-63-59-55-51-45-36-32-28-24-20-16-12-8-4)79-99-86(91)73-69-65-61-57-53-49-46-42-38-34-30-26-22-18-14-10-6-2/h9-11,13-15,21-23,25-27,33-39,41,44-46,48-49,52,57,60-61,64,83-85,90H,5-8,12,16-20,24,28-32,40,42-43,47,50-51,53-56,58-59,62-63,65-82H2,1-4H3,(H,95,96)(H,97,98)/b13-9-,14-10-,15-11-,25-21-,26-22-,27-23-,37-33-,38-34-,39-35-,44-41-,45-36-,49-46-,52-48-,61-57-,64-60-. The average molecular weight is 1550 g/mol. The second-order valence-corrected chi connectivity index (χ2v) is 29.5. The first-order valence-corrected chi connectivity index (χ1v) is 44.0. The molecule has 3 N–H and O–H groups in total. The van der Waals surface area contributed by atoms with Crippen LogP contribution in [0, 0.1) is 0 Å². The Hall–Kier alpha value is -5.84. The van der Waals surface area contributed by atoms with Crippen molar-refractivity contribution in [1.82, 2.24) is 0 Å². The molecule has 19 heteroatoms. The molecular weight excluding hydrogens is 1400 g/mol. The van der Waals surface area contributed by atoms with Crippen molar-refractivity contribution in [2.45, 2.75) is 316 Å². The van der Waals surface area contributed by atoms with E-state index in [4.69, 9.17) is 37.0 Å². The summed E-state index contributed by atoms with van der Waals surface area (Å²) in [6, 6.07) is 0. The number of phosphoric acid groups is 2. The van der Waals surface area contributed by atoms with Crippen LogP contribution in [0.2, 0.25) is 0 Å². The maximum atomic E-state index is 13.1. The van der Waals surface area contributed by atoms with Crippen LogP contribution < -0.4 is 0 Å². The van der Waals surface area contributed by atoms with Gasteiger partial charge in [-0.1, -0.05) is 287 Å². The van der Waals surface area contributed by atoms with Gasteiger partial charge in [0.2, 0.25) is 0 Å². The summed E-state index contributed by atoms with van der Waals surface area (Å²) in [4.78, 5) is 73.1. The number of esters is 4. The number of carbonyl (C=O) groups is 4. The van der Waals surface area contributed by atoms with Crippen molar-refractivity contribution in [3.63, 3.8) is 0 Å². The molecule has 0 amide bonds. The third kappa shape index (κ3) is 78.3. The summed E-state index contributed by atoms with van der Waals surface area (Å²) in [6.07, 6.45) is 95.9. The highest BCUT2D eigenvalue weighted by Gasteiger charge is 2.30. The lowest BCUT2D eigenvalue weighted by Crippen LogP contribution is -2.30. The highest BCUT2D eigenvalue weighted by molar-refractivity contribution is 7.47. The van der Waals surface area contributed by atoms with Crippen molar-refractivity contribution in [2.75, 3.05) is 39.6 Å². The molecule has 5 atom stereocenters. The van der Waals surface area contributed by atoms with Crippen molar-refractivity contribution in [3.8, 4) is 0 Å². The molecule has 108 heavy (non-hydrogen) atoms. The molecular formula is C89H144O17P2. The minimum atomic E-state index is -5.01. The zero-order valence-electron chi connectivity index (χ0n) is 66.9. The minimum absolute atomic E-state index is 0.00495. The molecule has 0 aromatic carbocycles. The van der Waals surface area contributed by atoms with Crippen LogP contribution in [-0.4, -0.2) is 96.7 Å². The van der Waals surface area contributed by atoms with Gasteiger partial charge in [0.15, 0.2) is 12.2 Å². The predicted molar refractivity (Wildman–Crippen MR) is 445 cm³/mol. The van der Waals surface area contributed by atoms with E-state index in [2.05, 4.69) is 186 Å². The molecule has 0 aliphatic rings. The summed E-state index contributed by atoms with van der Waals surface area (Å²) in [7, 11) is -10.0. The molecule has 0 bridgehead atoms. The fourth-order valence-electron chi connectivity index (χ4n) is 10.2. The molecule has 0 aliphatic heterocycles. The molecule has 17 nitrogen and oxygen atoms in total. The number of aliphatic hydroxyl groups excluding tert-OH is 1. The van der Waals surface area contributed by atoms with E-state index < -0.39 is 97.5 Å². The number of ether oxygens (including phenoxy) is 4. The number of carbonyl (C=O) groups excluding carboxylic acids is 4. The van der Waals surface area contributed by atoms with Crippen LogP contribution in [0.1, 0.15) is 297 Å². The summed E-state index contributed by atoms with van der Waals surface area (Å²) >= 11 is 0. The first kappa shape index (κ1) is 102. The highest BCUT2D eigenvalue weighted by atomic mass is 31.2. The van der Waals surface area contributed by atoms with Gasteiger partial charge in [-0.25, -0.2) is 9.13 Å². The molecule has 612 valence electrons. The molecule has 0 saturated carbocycles. The minimum Gasteiger partial charge on any atom is -0.462 e. The molecule has 0 aromatic heterocycles. The average Bonchev–Trinajstić information content (AvgIpc) is 0.906.